The van der Waals surface area contributed by atoms with Gasteiger partial charge in [-0.25, -0.2) is 0 Å². The Bertz CT molecular complexity index is 636. The van der Waals surface area contributed by atoms with Crippen LogP contribution in [0.2, 0.25) is 5.02 Å². The molecule has 3 rings (SSSR count). The Morgan fingerprint density at radius 2 is 2.04 bits per heavy atom. The fourth-order valence-corrected chi connectivity index (χ4v) is 4.23. The lowest BCUT2D eigenvalue weighted by molar-refractivity contribution is -0.383. The molecule has 2 fully saturated rings. The Labute approximate surface area is 146 Å². The average Bonchev–Trinajstić information content (AvgIpc) is 2.56. The van der Waals surface area contributed by atoms with Crippen molar-refractivity contribution in [3.05, 3.63) is 33.3 Å². The predicted molar refractivity (Wildman–Crippen MR) is 93.3 cm³/mol. The number of piperidine rings is 1. The number of hydrogen-bond acceptors (Lipinski definition) is 4. The summed E-state index contributed by atoms with van der Waals surface area (Å²) < 4.78 is 0. The van der Waals surface area contributed by atoms with Gasteiger partial charge < -0.3 is 5.32 Å². The summed E-state index contributed by atoms with van der Waals surface area (Å²) in [6.07, 6.45) is 7.30. The molecule has 1 N–H and O–H groups in total. The molecule has 1 aliphatic carbocycles. The third-order valence-electron chi connectivity index (χ3n) is 5.14. The Morgan fingerprint density at radius 1 is 1.29 bits per heavy atom. The summed E-state index contributed by atoms with van der Waals surface area (Å²) in [5.41, 5.74) is 0.0247. The number of nitrogens with zero attached hydrogens (tertiary/aromatic N) is 2. The third kappa shape index (κ3) is 3.87. The number of halogens is 1. The lowest BCUT2D eigenvalue weighted by Gasteiger charge is -2.43. The first kappa shape index (κ1) is 17.2. The molecule has 0 unspecified atom stereocenters. The molecule has 7 heteroatoms. The van der Waals surface area contributed by atoms with Gasteiger partial charge in [-0.2, -0.15) is 0 Å². The van der Waals surface area contributed by atoms with Crippen molar-refractivity contribution >= 4 is 28.9 Å². The van der Waals surface area contributed by atoms with Crippen molar-refractivity contribution in [3.8, 4) is 0 Å². The summed E-state index contributed by atoms with van der Waals surface area (Å²) in [4.78, 5) is 25.3. The zero-order chi connectivity index (χ0) is 17.1. The van der Waals surface area contributed by atoms with Crippen LogP contribution in [0.15, 0.2) is 18.2 Å². The highest BCUT2D eigenvalue weighted by atomic mass is 35.5. The minimum Gasteiger partial charge on any atom is -0.319 e. The summed E-state index contributed by atoms with van der Waals surface area (Å²) in [6.45, 7) is 1.22. The molecule has 0 radical (unpaired) electrons. The fraction of sp³-hybridized carbons (Fsp3) is 0.588. The summed E-state index contributed by atoms with van der Waals surface area (Å²) in [5.74, 6) is 0.497. The second-order valence-corrected chi connectivity index (χ2v) is 7.13. The normalized spacial score (nSPS) is 24.2. The van der Waals surface area contributed by atoms with Gasteiger partial charge >= 0.3 is 0 Å². The van der Waals surface area contributed by atoms with Gasteiger partial charge in [0.05, 0.1) is 11.5 Å². The number of fused-ring (bicyclic) bond motifs is 1. The van der Waals surface area contributed by atoms with Crippen LogP contribution in [-0.4, -0.2) is 34.9 Å². The Balaban J connectivity index is 1.66. The van der Waals surface area contributed by atoms with Crippen LogP contribution in [0.25, 0.3) is 0 Å². The van der Waals surface area contributed by atoms with Gasteiger partial charge in [0.2, 0.25) is 5.91 Å². The number of nitro benzene ring substituents is 1. The molecule has 1 aromatic rings. The zero-order valence-corrected chi connectivity index (χ0v) is 14.3. The predicted octanol–water partition coefficient (Wildman–Crippen LogP) is 3.84. The molecule has 0 bridgehead atoms. The SMILES string of the molecule is O=C(CN1CCC[C@H]2CCCC[C@@H]21)Nc1ccc(Cl)cc1[N+](=O)[O-]. The van der Waals surface area contributed by atoms with Crippen LogP contribution >= 0.6 is 11.6 Å². The van der Waals surface area contributed by atoms with E-state index in [2.05, 4.69) is 10.2 Å². The van der Waals surface area contributed by atoms with Crippen LogP contribution < -0.4 is 5.32 Å². The molecular weight excluding hydrogens is 330 g/mol. The number of rotatable bonds is 4. The second kappa shape index (κ2) is 7.49. The maximum Gasteiger partial charge on any atom is 0.294 e. The summed E-state index contributed by atoms with van der Waals surface area (Å²) >= 11 is 5.80. The summed E-state index contributed by atoms with van der Waals surface area (Å²) in [6, 6.07) is 4.77. The topological polar surface area (TPSA) is 75.5 Å². The first-order valence-electron chi connectivity index (χ1n) is 8.52. The van der Waals surface area contributed by atoms with E-state index in [1.54, 1.807) is 6.07 Å². The number of carbonyl (C=O) groups is 1. The van der Waals surface area contributed by atoms with Crippen LogP contribution in [0.3, 0.4) is 0 Å². The second-order valence-electron chi connectivity index (χ2n) is 6.69. The number of likely N-dealkylation sites (tertiary alicyclic amines) is 1. The van der Waals surface area contributed by atoms with E-state index in [9.17, 15) is 14.9 Å². The Hall–Kier alpha value is -1.66. The zero-order valence-electron chi connectivity index (χ0n) is 13.5. The van der Waals surface area contributed by atoms with E-state index in [4.69, 9.17) is 11.6 Å². The monoisotopic (exact) mass is 351 g/mol. The van der Waals surface area contributed by atoms with E-state index >= 15 is 0 Å². The number of benzene rings is 1. The van der Waals surface area contributed by atoms with Gasteiger partial charge in [-0.15, -0.1) is 0 Å². The first-order valence-corrected chi connectivity index (χ1v) is 8.90. The number of nitrogens with one attached hydrogen (secondary N) is 1. The van der Waals surface area contributed by atoms with E-state index in [1.165, 1.54) is 37.8 Å². The van der Waals surface area contributed by atoms with Crippen LogP contribution in [0.4, 0.5) is 11.4 Å². The third-order valence-corrected chi connectivity index (χ3v) is 5.37. The quantitative estimate of drug-likeness (QED) is 0.660. The van der Waals surface area contributed by atoms with Gasteiger partial charge in [-0.3, -0.25) is 19.8 Å². The molecule has 2 aliphatic rings. The molecule has 1 aromatic carbocycles. The van der Waals surface area contributed by atoms with Crippen molar-refractivity contribution in [1.29, 1.82) is 0 Å². The van der Waals surface area contributed by atoms with Crippen LogP contribution in [0.5, 0.6) is 0 Å². The first-order chi connectivity index (χ1) is 11.5. The molecule has 0 aromatic heterocycles. The van der Waals surface area contributed by atoms with Gasteiger partial charge in [0.15, 0.2) is 0 Å². The highest BCUT2D eigenvalue weighted by molar-refractivity contribution is 6.31. The van der Waals surface area contributed by atoms with Gasteiger partial charge in [0, 0.05) is 17.1 Å². The number of nitro groups is 1. The minimum absolute atomic E-state index is 0.176. The highest BCUT2D eigenvalue weighted by Crippen LogP contribution is 2.35. The molecule has 0 spiro atoms. The minimum atomic E-state index is -0.528. The fourth-order valence-electron chi connectivity index (χ4n) is 4.06. The molecule has 2 atom stereocenters. The van der Waals surface area contributed by atoms with Crippen molar-refractivity contribution in [3.63, 3.8) is 0 Å². The van der Waals surface area contributed by atoms with E-state index < -0.39 is 4.92 Å². The Morgan fingerprint density at radius 3 is 2.83 bits per heavy atom. The summed E-state index contributed by atoms with van der Waals surface area (Å²) in [7, 11) is 0. The highest BCUT2D eigenvalue weighted by Gasteiger charge is 2.34. The van der Waals surface area contributed by atoms with Crippen LogP contribution in [0.1, 0.15) is 38.5 Å². The summed E-state index contributed by atoms with van der Waals surface area (Å²) in [5, 5.41) is 14.1. The van der Waals surface area contributed by atoms with Gasteiger partial charge in [-0.1, -0.05) is 24.4 Å². The number of carbonyl (C=O) groups excluding carboxylic acids is 1. The molecule has 1 aliphatic heterocycles. The Kier molecular flexibility index (Phi) is 5.36. The largest absolute Gasteiger partial charge is 0.319 e. The molecule has 130 valence electrons. The molecule has 1 saturated carbocycles. The van der Waals surface area contributed by atoms with Gasteiger partial charge in [0.1, 0.15) is 5.69 Å². The molecule has 6 nitrogen and oxygen atoms in total. The smallest absolute Gasteiger partial charge is 0.294 e. The molecule has 1 heterocycles. The maximum absolute atomic E-state index is 12.4. The van der Waals surface area contributed by atoms with E-state index in [0.717, 1.165) is 19.4 Å². The van der Waals surface area contributed by atoms with Crippen molar-refractivity contribution in [2.75, 3.05) is 18.4 Å². The van der Waals surface area contributed by atoms with E-state index in [-0.39, 0.29) is 22.3 Å². The number of amides is 1. The van der Waals surface area contributed by atoms with E-state index in [0.29, 0.717) is 18.5 Å². The molecule has 1 amide bonds. The molecule has 24 heavy (non-hydrogen) atoms. The molecule has 1 saturated heterocycles. The van der Waals surface area contributed by atoms with Crippen molar-refractivity contribution in [1.82, 2.24) is 4.90 Å². The van der Waals surface area contributed by atoms with Crippen LogP contribution in [0, 0.1) is 16.0 Å². The lowest BCUT2D eigenvalue weighted by atomic mass is 9.78. The van der Waals surface area contributed by atoms with Gasteiger partial charge in [-0.05, 0) is 50.3 Å². The van der Waals surface area contributed by atoms with Crippen molar-refractivity contribution in [2.45, 2.75) is 44.6 Å². The van der Waals surface area contributed by atoms with E-state index in [1.807, 2.05) is 0 Å². The lowest BCUT2D eigenvalue weighted by Crippen LogP contribution is -2.49. The number of anilines is 1. The van der Waals surface area contributed by atoms with Crippen molar-refractivity contribution in [2.24, 2.45) is 5.92 Å². The maximum atomic E-state index is 12.4. The molecular formula is C17H22ClN3O3. The standard InChI is InChI=1S/C17H22ClN3O3/c18-13-7-8-14(16(10-13)21(23)24)19-17(22)11-20-9-3-5-12-4-1-2-6-15(12)20/h7-8,10,12,15H,1-6,9,11H2,(H,19,22)/t12-,15+/m1/s1. The number of hydrogen-bond donors (Lipinski definition) is 1. The van der Waals surface area contributed by atoms with Crippen LogP contribution in [-0.2, 0) is 4.79 Å². The van der Waals surface area contributed by atoms with Gasteiger partial charge in [0.25, 0.3) is 5.69 Å². The van der Waals surface area contributed by atoms with Crippen molar-refractivity contribution < 1.29 is 9.72 Å². The average molecular weight is 352 g/mol.